The first-order valence-corrected chi connectivity index (χ1v) is 10.9. The van der Waals surface area contributed by atoms with Crippen LogP contribution in [-0.2, 0) is 23.3 Å². The molecule has 0 spiro atoms. The molecule has 0 radical (unpaired) electrons. The number of fused-ring (bicyclic) bond motifs is 1. The Balaban J connectivity index is 1.50. The van der Waals surface area contributed by atoms with Crippen molar-refractivity contribution < 1.29 is 27.1 Å². The van der Waals surface area contributed by atoms with E-state index in [2.05, 4.69) is 14.9 Å². The summed E-state index contributed by atoms with van der Waals surface area (Å²) in [6, 6.07) is 12.5. The van der Waals surface area contributed by atoms with Gasteiger partial charge in [-0.3, -0.25) is 9.62 Å². The number of aromatic nitrogens is 2. The van der Waals surface area contributed by atoms with Crippen LogP contribution in [0, 0.1) is 5.82 Å². The van der Waals surface area contributed by atoms with Crippen molar-refractivity contribution in [1.82, 2.24) is 19.8 Å². The molecule has 1 aliphatic heterocycles. The number of ether oxygens (including phenoxy) is 2. The van der Waals surface area contributed by atoms with Gasteiger partial charge in [-0.25, -0.2) is 13.9 Å². The largest absolute Gasteiger partial charge is 0.437 e. The zero-order valence-electron chi connectivity index (χ0n) is 16.8. The van der Waals surface area contributed by atoms with Gasteiger partial charge in [-0.2, -0.15) is 13.5 Å². The third-order valence-electron chi connectivity index (χ3n) is 4.58. The van der Waals surface area contributed by atoms with E-state index in [1.54, 1.807) is 30.3 Å². The Kier molecular flexibility index (Phi) is 5.88. The Morgan fingerprint density at radius 2 is 2.06 bits per heavy atom. The van der Waals surface area contributed by atoms with E-state index in [9.17, 15) is 17.6 Å². The number of amides is 1. The number of hydrogen-bond donors (Lipinski definition) is 2. The smallest absolute Gasteiger partial charge is 0.415 e. The predicted molar refractivity (Wildman–Crippen MR) is 112 cm³/mol. The lowest BCUT2D eigenvalue weighted by Crippen LogP contribution is -2.36. The fourth-order valence-corrected chi connectivity index (χ4v) is 3.57. The van der Waals surface area contributed by atoms with Crippen molar-refractivity contribution >= 4 is 22.0 Å². The second-order valence-corrected chi connectivity index (χ2v) is 8.37. The predicted octanol–water partition coefficient (Wildman–Crippen LogP) is 2.80. The molecule has 10 nitrogen and oxygen atoms in total. The average Bonchev–Trinajstić information content (AvgIpc) is 2.77. The normalized spacial score (nSPS) is 13.3. The zero-order valence-corrected chi connectivity index (χ0v) is 17.6. The molecule has 0 saturated heterocycles. The van der Waals surface area contributed by atoms with Crippen molar-refractivity contribution in [3.8, 4) is 17.4 Å². The third kappa shape index (κ3) is 4.76. The number of carbonyl (C=O) groups is 1. The van der Waals surface area contributed by atoms with Gasteiger partial charge in [-0.1, -0.05) is 12.1 Å². The maximum absolute atomic E-state index is 14.8. The van der Waals surface area contributed by atoms with Gasteiger partial charge in [0, 0.05) is 36.5 Å². The maximum atomic E-state index is 14.8. The fourth-order valence-electron chi connectivity index (χ4n) is 3.02. The molecule has 0 saturated carbocycles. The minimum atomic E-state index is -3.89. The van der Waals surface area contributed by atoms with E-state index < -0.39 is 22.1 Å². The summed E-state index contributed by atoms with van der Waals surface area (Å²) in [7, 11) is -2.68. The lowest BCUT2D eigenvalue weighted by Gasteiger charge is -2.28. The van der Waals surface area contributed by atoms with E-state index in [0.717, 1.165) is 0 Å². The summed E-state index contributed by atoms with van der Waals surface area (Å²) in [6.07, 6.45) is 0.847. The van der Waals surface area contributed by atoms with Crippen LogP contribution in [-0.4, -0.2) is 36.7 Å². The third-order valence-corrected chi connectivity index (χ3v) is 5.60. The van der Waals surface area contributed by atoms with Gasteiger partial charge < -0.3 is 9.47 Å². The van der Waals surface area contributed by atoms with Gasteiger partial charge in [0.25, 0.3) is 10.2 Å². The van der Waals surface area contributed by atoms with Crippen LogP contribution < -0.4 is 18.9 Å². The van der Waals surface area contributed by atoms with Gasteiger partial charge >= 0.3 is 6.09 Å². The van der Waals surface area contributed by atoms with E-state index in [0.29, 0.717) is 22.9 Å². The highest BCUT2D eigenvalue weighted by atomic mass is 32.2. The van der Waals surface area contributed by atoms with Crippen LogP contribution in [0.15, 0.2) is 54.7 Å². The number of anilines is 1. The Bertz CT molecular complexity index is 1260. The van der Waals surface area contributed by atoms with Crippen molar-refractivity contribution in [2.24, 2.45) is 0 Å². The summed E-state index contributed by atoms with van der Waals surface area (Å²) in [6.45, 7) is 0.0581. The molecule has 2 heterocycles. The van der Waals surface area contributed by atoms with Crippen LogP contribution in [0.2, 0.25) is 0 Å². The van der Waals surface area contributed by atoms with Crippen LogP contribution in [0.3, 0.4) is 0 Å². The standard InChI is InChI=1S/C20H18FN5O5S/c1-22-32(28,29)25-16-5-2-4-14(19(16)21)12-26-11-13-7-8-15(10-17(13)31-20(26)27)30-18-6-3-9-23-24-18/h2-10,22,25H,11-12H2,1H3. The molecule has 1 amide bonds. The molecule has 32 heavy (non-hydrogen) atoms. The molecule has 0 bridgehead atoms. The number of benzene rings is 2. The van der Waals surface area contributed by atoms with Crippen LogP contribution >= 0.6 is 0 Å². The monoisotopic (exact) mass is 459 g/mol. The molecule has 12 heteroatoms. The number of carbonyl (C=O) groups excluding carboxylic acids is 1. The molecule has 0 fully saturated rings. The number of nitrogens with zero attached hydrogens (tertiary/aromatic N) is 3. The molecule has 0 unspecified atom stereocenters. The summed E-state index contributed by atoms with van der Waals surface area (Å²) in [4.78, 5) is 13.8. The topological polar surface area (TPSA) is 123 Å². The lowest BCUT2D eigenvalue weighted by atomic mass is 10.1. The SMILES string of the molecule is CNS(=O)(=O)Nc1cccc(CN2Cc3ccc(Oc4cccnn4)cc3OC2=O)c1F. The van der Waals surface area contributed by atoms with E-state index in [4.69, 9.17) is 9.47 Å². The minimum absolute atomic E-state index is 0.114. The Morgan fingerprint density at radius 1 is 1.22 bits per heavy atom. The van der Waals surface area contributed by atoms with Gasteiger partial charge in [0.1, 0.15) is 11.5 Å². The Labute approximate surface area is 183 Å². The molecular weight excluding hydrogens is 441 g/mol. The number of hydrogen-bond acceptors (Lipinski definition) is 7. The molecule has 0 atom stereocenters. The molecular formula is C20H18FN5O5S. The van der Waals surface area contributed by atoms with E-state index >= 15 is 0 Å². The van der Waals surface area contributed by atoms with E-state index in [1.165, 1.54) is 36.3 Å². The Hall–Kier alpha value is -3.77. The second-order valence-electron chi connectivity index (χ2n) is 6.75. The van der Waals surface area contributed by atoms with E-state index in [1.807, 2.05) is 4.72 Å². The Morgan fingerprint density at radius 3 is 2.81 bits per heavy atom. The number of nitrogens with one attached hydrogen (secondary N) is 2. The first-order valence-electron chi connectivity index (χ1n) is 9.38. The molecule has 4 rings (SSSR count). The molecule has 1 aliphatic rings. The first-order chi connectivity index (χ1) is 15.3. The quantitative estimate of drug-likeness (QED) is 0.557. The van der Waals surface area contributed by atoms with Gasteiger partial charge in [0.15, 0.2) is 5.82 Å². The molecule has 2 aromatic carbocycles. The number of halogens is 1. The second kappa shape index (κ2) is 8.77. The van der Waals surface area contributed by atoms with Crippen LogP contribution in [0.4, 0.5) is 14.9 Å². The lowest BCUT2D eigenvalue weighted by molar-refractivity contribution is 0.134. The van der Waals surface area contributed by atoms with Crippen molar-refractivity contribution in [3.63, 3.8) is 0 Å². The van der Waals surface area contributed by atoms with Crippen LogP contribution in [0.1, 0.15) is 11.1 Å². The van der Waals surface area contributed by atoms with Crippen LogP contribution in [0.25, 0.3) is 0 Å². The zero-order chi connectivity index (χ0) is 22.7. The molecule has 1 aromatic heterocycles. The molecule has 3 aromatic rings. The van der Waals surface area contributed by atoms with Crippen LogP contribution in [0.5, 0.6) is 17.4 Å². The van der Waals surface area contributed by atoms with Gasteiger partial charge in [0.2, 0.25) is 5.88 Å². The molecule has 0 aliphatic carbocycles. The summed E-state index contributed by atoms with van der Waals surface area (Å²) >= 11 is 0. The van der Waals surface area contributed by atoms with Crippen molar-refractivity contribution in [2.75, 3.05) is 11.8 Å². The maximum Gasteiger partial charge on any atom is 0.415 e. The summed E-state index contributed by atoms with van der Waals surface area (Å²) < 4.78 is 53.3. The average molecular weight is 459 g/mol. The van der Waals surface area contributed by atoms with Gasteiger partial charge in [-0.15, -0.1) is 5.10 Å². The van der Waals surface area contributed by atoms with Crippen molar-refractivity contribution in [3.05, 3.63) is 71.7 Å². The van der Waals surface area contributed by atoms with Crippen molar-refractivity contribution in [1.29, 1.82) is 0 Å². The van der Waals surface area contributed by atoms with E-state index in [-0.39, 0.29) is 24.3 Å². The first kappa shape index (κ1) is 21.5. The summed E-state index contributed by atoms with van der Waals surface area (Å²) in [5.41, 5.74) is 0.598. The number of rotatable bonds is 7. The van der Waals surface area contributed by atoms with Gasteiger partial charge in [-0.05, 0) is 24.3 Å². The highest BCUT2D eigenvalue weighted by Crippen LogP contribution is 2.32. The fraction of sp³-hybridized carbons (Fsp3) is 0.150. The highest BCUT2D eigenvalue weighted by molar-refractivity contribution is 7.90. The minimum Gasteiger partial charge on any atom is -0.437 e. The summed E-state index contributed by atoms with van der Waals surface area (Å²) in [5, 5.41) is 7.56. The molecule has 166 valence electrons. The summed E-state index contributed by atoms with van der Waals surface area (Å²) in [5.74, 6) is 0.253. The van der Waals surface area contributed by atoms with Gasteiger partial charge in [0.05, 0.1) is 18.8 Å². The highest BCUT2D eigenvalue weighted by Gasteiger charge is 2.27. The molecule has 2 N–H and O–H groups in total. The van der Waals surface area contributed by atoms with Crippen molar-refractivity contribution in [2.45, 2.75) is 13.1 Å².